The Morgan fingerprint density at radius 1 is 1.42 bits per heavy atom. The quantitative estimate of drug-likeness (QED) is 0.829. The monoisotopic (exact) mass is 294 g/mol. The molecule has 5 nitrogen and oxygen atoms in total. The number of nitrogens with two attached hydrogens (primary N) is 1. The molecule has 0 saturated carbocycles. The topological polar surface area (TPSA) is 80.9 Å². The third-order valence-electron chi connectivity index (χ3n) is 2.37. The highest BCUT2D eigenvalue weighted by atomic mass is 32.2. The first-order chi connectivity index (χ1) is 9.19. The maximum Gasteiger partial charge on any atom is 0.237 e. The lowest BCUT2D eigenvalue weighted by Crippen LogP contribution is -2.24. The van der Waals surface area contributed by atoms with E-state index < -0.39 is 0 Å². The Kier molecular flexibility index (Phi) is 4.75. The fraction of sp³-hybridized carbons (Fsp3) is 0.250. The van der Waals surface area contributed by atoms with Gasteiger partial charge in [0, 0.05) is 5.69 Å². The van der Waals surface area contributed by atoms with E-state index in [1.807, 2.05) is 37.3 Å². The average Bonchev–Trinajstić information content (AvgIpc) is 2.82. The average molecular weight is 294 g/mol. The van der Waals surface area contributed by atoms with Crippen molar-refractivity contribution in [2.45, 2.75) is 22.9 Å². The predicted octanol–water partition coefficient (Wildman–Crippen LogP) is 2.63. The number of hydrogen-bond donors (Lipinski definition) is 2. The number of hydrogen-bond acceptors (Lipinski definition) is 6. The molecular formula is C12H14N4OS2. The maximum atomic E-state index is 12.1. The van der Waals surface area contributed by atoms with Crippen LogP contribution in [-0.4, -0.2) is 21.4 Å². The van der Waals surface area contributed by atoms with Gasteiger partial charge in [-0.3, -0.25) is 4.79 Å². The summed E-state index contributed by atoms with van der Waals surface area (Å²) in [5.74, 6) is -0.0347. The van der Waals surface area contributed by atoms with Gasteiger partial charge in [0.1, 0.15) is 0 Å². The Bertz CT molecular complexity index is 544. The lowest BCUT2D eigenvalue weighted by atomic mass is 10.3. The van der Waals surface area contributed by atoms with E-state index in [1.54, 1.807) is 0 Å². The summed E-state index contributed by atoms with van der Waals surface area (Å²) in [5, 5.41) is 10.8. The van der Waals surface area contributed by atoms with Gasteiger partial charge in [-0.2, -0.15) is 0 Å². The minimum absolute atomic E-state index is 0.0347. The fourth-order valence-electron chi connectivity index (χ4n) is 1.46. The van der Waals surface area contributed by atoms with Gasteiger partial charge in [0.25, 0.3) is 0 Å². The molecule has 100 valence electrons. The highest BCUT2D eigenvalue weighted by Gasteiger charge is 2.20. The molecule has 7 heteroatoms. The summed E-state index contributed by atoms with van der Waals surface area (Å²) in [6.45, 7) is 1.96. The van der Waals surface area contributed by atoms with Gasteiger partial charge in [0.15, 0.2) is 4.34 Å². The van der Waals surface area contributed by atoms with E-state index in [4.69, 9.17) is 5.73 Å². The maximum absolute atomic E-state index is 12.1. The van der Waals surface area contributed by atoms with Gasteiger partial charge in [-0.25, -0.2) is 0 Å². The molecule has 1 atom stereocenters. The van der Waals surface area contributed by atoms with Gasteiger partial charge in [-0.1, -0.05) is 48.2 Å². The number of nitrogens with one attached hydrogen (secondary N) is 1. The van der Waals surface area contributed by atoms with E-state index in [-0.39, 0.29) is 11.2 Å². The highest BCUT2D eigenvalue weighted by molar-refractivity contribution is 8.02. The number of aromatic nitrogens is 2. The van der Waals surface area contributed by atoms with Crippen molar-refractivity contribution in [1.29, 1.82) is 0 Å². The van der Waals surface area contributed by atoms with Crippen LogP contribution < -0.4 is 11.1 Å². The second-order valence-electron chi connectivity index (χ2n) is 3.78. The van der Waals surface area contributed by atoms with Crippen LogP contribution in [0.3, 0.4) is 0 Å². The van der Waals surface area contributed by atoms with Crippen LogP contribution >= 0.6 is 23.1 Å². The number of carbonyl (C=O) groups is 1. The third kappa shape index (κ3) is 3.93. The van der Waals surface area contributed by atoms with Gasteiger partial charge in [-0.05, 0) is 18.6 Å². The van der Waals surface area contributed by atoms with Crippen LogP contribution in [0, 0.1) is 0 Å². The second kappa shape index (κ2) is 6.53. The summed E-state index contributed by atoms with van der Waals surface area (Å²) in [5.41, 5.74) is 6.32. The van der Waals surface area contributed by atoms with Crippen LogP contribution in [0.5, 0.6) is 0 Å². The van der Waals surface area contributed by atoms with Crippen molar-refractivity contribution >= 4 is 39.8 Å². The SMILES string of the molecule is CC[C@H](Sc1nnc(N)s1)C(=O)Nc1ccccc1. The summed E-state index contributed by atoms with van der Waals surface area (Å²) in [6.07, 6.45) is 0.711. The first kappa shape index (κ1) is 13.8. The standard InChI is InChI=1S/C12H14N4OS2/c1-2-9(18-12-16-15-11(13)19-12)10(17)14-8-6-4-3-5-7-8/h3-7,9H,2H2,1H3,(H2,13,15)(H,14,17)/t9-/m0/s1. The number of nitrogen functional groups attached to an aromatic ring is 1. The number of rotatable bonds is 5. The van der Waals surface area contributed by atoms with Crippen LogP contribution in [-0.2, 0) is 4.79 Å². The first-order valence-electron chi connectivity index (χ1n) is 5.80. The van der Waals surface area contributed by atoms with Crippen LogP contribution in [0.25, 0.3) is 0 Å². The Balaban J connectivity index is 1.99. The van der Waals surface area contributed by atoms with Crippen molar-refractivity contribution in [2.75, 3.05) is 11.1 Å². The summed E-state index contributed by atoms with van der Waals surface area (Å²) in [6, 6.07) is 9.40. The number of anilines is 2. The third-order valence-corrected chi connectivity index (χ3v) is 4.57. The fourth-order valence-corrected chi connectivity index (χ4v) is 3.26. The first-order valence-corrected chi connectivity index (χ1v) is 7.50. The van der Waals surface area contributed by atoms with Crippen molar-refractivity contribution in [3.05, 3.63) is 30.3 Å². The molecule has 1 aromatic carbocycles. The molecule has 0 unspecified atom stereocenters. The molecule has 2 rings (SSSR count). The number of benzene rings is 1. The normalized spacial score (nSPS) is 12.1. The summed E-state index contributed by atoms with van der Waals surface area (Å²) < 4.78 is 0.715. The number of para-hydroxylation sites is 1. The Morgan fingerprint density at radius 2 is 2.16 bits per heavy atom. The predicted molar refractivity (Wildman–Crippen MR) is 79.3 cm³/mol. The minimum Gasteiger partial charge on any atom is -0.374 e. The molecule has 1 heterocycles. The van der Waals surface area contributed by atoms with Crippen LogP contribution in [0.15, 0.2) is 34.7 Å². The van der Waals surface area contributed by atoms with Crippen LogP contribution in [0.4, 0.5) is 10.8 Å². The molecule has 0 radical (unpaired) electrons. The molecule has 19 heavy (non-hydrogen) atoms. The minimum atomic E-state index is -0.201. The van der Waals surface area contributed by atoms with Crippen molar-refractivity contribution < 1.29 is 4.79 Å². The van der Waals surface area contributed by atoms with Gasteiger partial charge in [0.2, 0.25) is 11.0 Å². The molecule has 0 aliphatic carbocycles. The number of nitrogens with zero attached hydrogens (tertiary/aromatic N) is 2. The number of thioether (sulfide) groups is 1. The van der Waals surface area contributed by atoms with Crippen molar-refractivity contribution in [2.24, 2.45) is 0 Å². The Morgan fingerprint density at radius 3 is 2.74 bits per heavy atom. The Hall–Kier alpha value is -1.60. The molecular weight excluding hydrogens is 280 g/mol. The smallest absolute Gasteiger partial charge is 0.237 e. The molecule has 3 N–H and O–H groups in total. The lowest BCUT2D eigenvalue weighted by molar-refractivity contribution is -0.115. The molecule has 1 amide bonds. The van der Waals surface area contributed by atoms with Gasteiger partial charge in [-0.15, -0.1) is 10.2 Å². The van der Waals surface area contributed by atoms with Crippen LogP contribution in [0.1, 0.15) is 13.3 Å². The largest absolute Gasteiger partial charge is 0.374 e. The molecule has 0 fully saturated rings. The van der Waals surface area contributed by atoms with Crippen molar-refractivity contribution in [3.8, 4) is 0 Å². The lowest BCUT2D eigenvalue weighted by Gasteiger charge is -2.12. The van der Waals surface area contributed by atoms with E-state index >= 15 is 0 Å². The van der Waals surface area contributed by atoms with E-state index in [1.165, 1.54) is 23.1 Å². The molecule has 0 aliphatic heterocycles. The van der Waals surface area contributed by atoms with E-state index in [9.17, 15) is 4.79 Å². The van der Waals surface area contributed by atoms with Gasteiger partial charge < -0.3 is 11.1 Å². The number of carbonyl (C=O) groups excluding carboxylic acids is 1. The van der Waals surface area contributed by atoms with Crippen molar-refractivity contribution in [1.82, 2.24) is 10.2 Å². The van der Waals surface area contributed by atoms with E-state index in [2.05, 4.69) is 15.5 Å². The summed E-state index contributed by atoms with van der Waals surface area (Å²) in [4.78, 5) is 12.1. The zero-order valence-electron chi connectivity index (χ0n) is 10.4. The summed E-state index contributed by atoms with van der Waals surface area (Å²) >= 11 is 2.68. The van der Waals surface area contributed by atoms with Crippen molar-refractivity contribution in [3.63, 3.8) is 0 Å². The van der Waals surface area contributed by atoms with Gasteiger partial charge in [0.05, 0.1) is 5.25 Å². The molecule has 0 bridgehead atoms. The highest BCUT2D eigenvalue weighted by Crippen LogP contribution is 2.29. The van der Waals surface area contributed by atoms with E-state index in [0.717, 1.165) is 5.69 Å². The van der Waals surface area contributed by atoms with Crippen LogP contribution in [0.2, 0.25) is 0 Å². The molecule has 0 aliphatic rings. The second-order valence-corrected chi connectivity index (χ2v) is 6.24. The molecule has 0 saturated heterocycles. The van der Waals surface area contributed by atoms with E-state index in [0.29, 0.717) is 15.9 Å². The molecule has 1 aromatic heterocycles. The Labute approximate surface area is 119 Å². The molecule has 0 spiro atoms. The summed E-state index contributed by atoms with van der Waals surface area (Å²) in [7, 11) is 0. The van der Waals surface area contributed by atoms with Gasteiger partial charge >= 0.3 is 0 Å². The zero-order chi connectivity index (χ0) is 13.7. The number of amides is 1. The zero-order valence-corrected chi connectivity index (χ0v) is 12.0. The molecule has 2 aromatic rings.